The molecule has 0 saturated heterocycles. The number of aromatic nitrogens is 4. The molecule has 0 bridgehead atoms. The number of rotatable bonds is 5. The van der Waals surface area contributed by atoms with Crippen molar-refractivity contribution in [3.63, 3.8) is 0 Å². The van der Waals surface area contributed by atoms with Gasteiger partial charge in [0.15, 0.2) is 11.0 Å². The number of hydrogen-bond donors (Lipinski definition) is 0. The van der Waals surface area contributed by atoms with Gasteiger partial charge in [0, 0.05) is 5.92 Å². The van der Waals surface area contributed by atoms with Crippen molar-refractivity contribution >= 4 is 22.7 Å². The third-order valence-electron chi connectivity index (χ3n) is 5.10. The highest BCUT2D eigenvalue weighted by molar-refractivity contribution is 7.99. The molecular weight excluding hydrogens is 396 g/mol. The largest absolute Gasteiger partial charge is 0.338 e. The van der Waals surface area contributed by atoms with Crippen LogP contribution in [0.15, 0.2) is 56.9 Å². The van der Waals surface area contributed by atoms with Gasteiger partial charge in [-0.05, 0) is 56.2 Å². The van der Waals surface area contributed by atoms with Gasteiger partial charge in [0.05, 0.1) is 21.8 Å². The summed E-state index contributed by atoms with van der Waals surface area (Å²) in [5, 5.41) is 5.09. The highest BCUT2D eigenvalue weighted by Crippen LogP contribution is 2.34. The van der Waals surface area contributed by atoms with Gasteiger partial charge >= 0.3 is 0 Å². The van der Waals surface area contributed by atoms with E-state index in [2.05, 4.69) is 17.1 Å². The molecule has 2 heterocycles. The first kappa shape index (κ1) is 20.3. The molecule has 6 nitrogen and oxygen atoms in total. The monoisotopic (exact) mass is 420 g/mol. The lowest BCUT2D eigenvalue weighted by atomic mass is 10.1. The van der Waals surface area contributed by atoms with Crippen LogP contribution in [0.25, 0.3) is 16.6 Å². The van der Waals surface area contributed by atoms with Crippen molar-refractivity contribution in [1.82, 2.24) is 19.7 Å². The minimum absolute atomic E-state index is 0.0908. The van der Waals surface area contributed by atoms with Crippen LogP contribution in [0.1, 0.15) is 54.8 Å². The lowest BCUT2D eigenvalue weighted by molar-refractivity contribution is 0.373. The molecule has 0 aliphatic rings. The zero-order chi connectivity index (χ0) is 21.4. The third-order valence-corrected chi connectivity index (χ3v) is 6.14. The van der Waals surface area contributed by atoms with Crippen LogP contribution in [0.5, 0.6) is 0 Å². The molecule has 0 aliphatic carbocycles. The van der Waals surface area contributed by atoms with E-state index in [0.717, 1.165) is 11.3 Å². The second kappa shape index (κ2) is 8.07. The number of fused-ring (bicyclic) bond motifs is 1. The van der Waals surface area contributed by atoms with Crippen molar-refractivity contribution in [2.45, 2.75) is 50.9 Å². The predicted octanol–water partition coefficient (Wildman–Crippen LogP) is 5.36. The topological polar surface area (TPSA) is 73.8 Å². The van der Waals surface area contributed by atoms with E-state index in [4.69, 9.17) is 9.51 Å². The Hall–Kier alpha value is -2.93. The van der Waals surface area contributed by atoms with E-state index in [-0.39, 0.29) is 16.7 Å². The second-order valence-corrected chi connectivity index (χ2v) is 9.03. The summed E-state index contributed by atoms with van der Waals surface area (Å²) in [6.45, 7) is 10.1. The van der Waals surface area contributed by atoms with E-state index in [0.29, 0.717) is 27.8 Å². The predicted molar refractivity (Wildman–Crippen MR) is 119 cm³/mol. The average Bonchev–Trinajstić information content (AvgIpc) is 3.21. The van der Waals surface area contributed by atoms with Crippen molar-refractivity contribution in [3.05, 3.63) is 75.7 Å². The molecule has 0 radical (unpaired) electrons. The average molecular weight is 421 g/mol. The summed E-state index contributed by atoms with van der Waals surface area (Å²) in [5.41, 5.74) is 3.67. The first-order chi connectivity index (χ1) is 14.3. The standard InChI is InChI=1S/C23H24N4O2S/c1-13(2)20-25-21(29-26-20)16(5)30-23-24-19-9-7-6-8-18(19)22(28)27(23)17-11-10-14(3)15(4)12-17/h6-13,16H,1-5H3/t16-/m0/s1. The molecule has 0 spiro atoms. The van der Waals surface area contributed by atoms with Crippen LogP contribution in [0.3, 0.4) is 0 Å². The number of aryl methyl sites for hydroxylation is 2. The summed E-state index contributed by atoms with van der Waals surface area (Å²) in [5.74, 6) is 1.39. The summed E-state index contributed by atoms with van der Waals surface area (Å²) >= 11 is 1.44. The molecule has 4 rings (SSSR count). The van der Waals surface area contributed by atoms with Crippen molar-refractivity contribution in [2.75, 3.05) is 0 Å². The minimum Gasteiger partial charge on any atom is -0.338 e. The van der Waals surface area contributed by atoms with Crippen LogP contribution in [0.4, 0.5) is 0 Å². The maximum Gasteiger partial charge on any atom is 0.266 e. The fourth-order valence-corrected chi connectivity index (χ4v) is 4.10. The van der Waals surface area contributed by atoms with Gasteiger partial charge in [-0.3, -0.25) is 9.36 Å². The van der Waals surface area contributed by atoms with Crippen LogP contribution >= 0.6 is 11.8 Å². The molecule has 0 fully saturated rings. The molecule has 4 aromatic rings. The highest BCUT2D eigenvalue weighted by Gasteiger charge is 2.21. The Balaban J connectivity index is 1.84. The van der Waals surface area contributed by atoms with Gasteiger partial charge < -0.3 is 4.52 Å². The Bertz CT molecular complexity index is 1280. The van der Waals surface area contributed by atoms with Gasteiger partial charge in [0.2, 0.25) is 5.89 Å². The molecule has 7 heteroatoms. The number of benzene rings is 2. The van der Waals surface area contributed by atoms with Crippen molar-refractivity contribution in [2.24, 2.45) is 0 Å². The maximum atomic E-state index is 13.4. The normalized spacial score (nSPS) is 12.6. The van der Waals surface area contributed by atoms with Gasteiger partial charge in [-0.25, -0.2) is 4.98 Å². The molecule has 0 saturated carbocycles. The van der Waals surface area contributed by atoms with Gasteiger partial charge in [-0.2, -0.15) is 4.98 Å². The first-order valence-electron chi connectivity index (χ1n) is 9.94. The summed E-state index contributed by atoms with van der Waals surface area (Å²) < 4.78 is 7.14. The molecular formula is C23H24N4O2S. The zero-order valence-corrected chi connectivity index (χ0v) is 18.5. The lowest BCUT2D eigenvalue weighted by Gasteiger charge is -2.16. The molecule has 2 aromatic carbocycles. The van der Waals surface area contributed by atoms with Crippen LogP contribution in [-0.2, 0) is 0 Å². The van der Waals surface area contributed by atoms with Gasteiger partial charge in [-0.1, -0.05) is 49.0 Å². The Morgan fingerprint density at radius 1 is 1.00 bits per heavy atom. The van der Waals surface area contributed by atoms with Crippen LogP contribution in [0.2, 0.25) is 0 Å². The van der Waals surface area contributed by atoms with Crippen molar-refractivity contribution in [1.29, 1.82) is 0 Å². The van der Waals surface area contributed by atoms with E-state index < -0.39 is 0 Å². The fraction of sp³-hybridized carbons (Fsp3) is 0.304. The Morgan fingerprint density at radius 3 is 2.47 bits per heavy atom. The van der Waals surface area contributed by atoms with E-state index in [9.17, 15) is 4.79 Å². The number of nitrogens with zero attached hydrogens (tertiary/aromatic N) is 4. The summed E-state index contributed by atoms with van der Waals surface area (Å²) in [6, 6.07) is 13.4. The summed E-state index contributed by atoms with van der Waals surface area (Å²) in [7, 11) is 0. The zero-order valence-electron chi connectivity index (χ0n) is 17.7. The number of para-hydroxylation sites is 1. The van der Waals surface area contributed by atoms with Crippen LogP contribution in [-0.4, -0.2) is 19.7 Å². The molecule has 0 unspecified atom stereocenters. The Labute approximate surface area is 179 Å². The summed E-state index contributed by atoms with van der Waals surface area (Å²) in [4.78, 5) is 22.7. The quantitative estimate of drug-likeness (QED) is 0.319. The van der Waals surface area contributed by atoms with Crippen molar-refractivity contribution in [3.8, 4) is 5.69 Å². The second-order valence-electron chi connectivity index (χ2n) is 7.73. The Morgan fingerprint density at radius 2 is 1.77 bits per heavy atom. The molecule has 2 aromatic heterocycles. The van der Waals surface area contributed by atoms with Gasteiger partial charge in [-0.15, -0.1) is 0 Å². The Kier molecular flexibility index (Phi) is 5.47. The lowest BCUT2D eigenvalue weighted by Crippen LogP contribution is -2.22. The fourth-order valence-electron chi connectivity index (χ4n) is 3.14. The number of hydrogen-bond acceptors (Lipinski definition) is 6. The molecule has 154 valence electrons. The smallest absolute Gasteiger partial charge is 0.266 e. The molecule has 0 N–H and O–H groups in total. The van der Waals surface area contributed by atoms with Gasteiger partial charge in [0.1, 0.15) is 0 Å². The van der Waals surface area contributed by atoms with Crippen LogP contribution in [0, 0.1) is 13.8 Å². The van der Waals surface area contributed by atoms with E-state index in [1.807, 2.05) is 70.2 Å². The van der Waals surface area contributed by atoms with Crippen molar-refractivity contribution < 1.29 is 4.52 Å². The van der Waals surface area contributed by atoms with Gasteiger partial charge in [0.25, 0.3) is 5.56 Å². The molecule has 30 heavy (non-hydrogen) atoms. The summed E-state index contributed by atoms with van der Waals surface area (Å²) in [6.07, 6.45) is 0. The highest BCUT2D eigenvalue weighted by atomic mass is 32.2. The first-order valence-corrected chi connectivity index (χ1v) is 10.8. The molecule has 0 aliphatic heterocycles. The molecule has 1 atom stereocenters. The maximum absolute atomic E-state index is 13.4. The van der Waals surface area contributed by atoms with E-state index >= 15 is 0 Å². The van der Waals surface area contributed by atoms with E-state index in [1.165, 1.54) is 17.3 Å². The number of thioether (sulfide) groups is 1. The van der Waals surface area contributed by atoms with E-state index in [1.54, 1.807) is 4.57 Å². The minimum atomic E-state index is -0.157. The van der Waals surface area contributed by atoms with Crippen LogP contribution < -0.4 is 5.56 Å². The molecule has 0 amide bonds. The third kappa shape index (κ3) is 3.77. The SMILES string of the molecule is Cc1ccc(-n2c(S[C@@H](C)c3nc(C(C)C)no3)nc3ccccc3c2=O)cc1C.